The summed E-state index contributed by atoms with van der Waals surface area (Å²) in [5.74, 6) is -2.99. The van der Waals surface area contributed by atoms with E-state index in [2.05, 4.69) is 16.0 Å². The van der Waals surface area contributed by atoms with E-state index in [-0.39, 0.29) is 30.8 Å². The molecule has 212 valence electrons. The number of aliphatic hydroxyl groups is 1. The van der Waals surface area contributed by atoms with Gasteiger partial charge in [0.05, 0.1) is 6.61 Å². The number of hydrogen-bond donors (Lipinski definition) is 8. The summed E-state index contributed by atoms with van der Waals surface area (Å²) in [6.07, 6.45) is 1.91. The second kappa shape index (κ2) is 15.6. The molecule has 0 heterocycles. The summed E-state index contributed by atoms with van der Waals surface area (Å²) in [5, 5.41) is 45.5. The fraction of sp³-hybridized carbons (Fsp3) is 0.385. The van der Waals surface area contributed by atoms with E-state index in [1.165, 1.54) is 48.2 Å². The van der Waals surface area contributed by atoms with Crippen molar-refractivity contribution in [3.63, 3.8) is 0 Å². The van der Waals surface area contributed by atoms with Crippen molar-refractivity contribution in [3.8, 4) is 11.5 Å². The number of amides is 3. The number of rotatable bonds is 15. The van der Waals surface area contributed by atoms with Crippen LogP contribution in [-0.2, 0) is 32.0 Å². The highest BCUT2D eigenvalue weighted by atomic mass is 32.2. The van der Waals surface area contributed by atoms with Gasteiger partial charge in [0.2, 0.25) is 17.7 Å². The zero-order valence-corrected chi connectivity index (χ0v) is 22.2. The number of thioether (sulfide) groups is 1. The SMILES string of the molecule is CSCCC(NC(=O)C(N)CO)C(=O)NC(Cc1ccc(O)cc1)C(=O)NC(Cc1ccc(O)cc1)C(=O)O. The van der Waals surface area contributed by atoms with Crippen LogP contribution in [0.3, 0.4) is 0 Å². The normalized spacial score (nSPS) is 13.9. The molecule has 0 spiro atoms. The van der Waals surface area contributed by atoms with E-state index in [4.69, 9.17) is 10.8 Å². The molecule has 3 amide bonds. The lowest BCUT2D eigenvalue weighted by Gasteiger charge is -2.25. The number of benzene rings is 2. The lowest BCUT2D eigenvalue weighted by atomic mass is 10.0. The molecule has 0 aliphatic heterocycles. The first kappa shape index (κ1) is 31.4. The van der Waals surface area contributed by atoms with Crippen LogP contribution < -0.4 is 21.7 Å². The molecule has 0 aliphatic carbocycles. The van der Waals surface area contributed by atoms with Crippen molar-refractivity contribution < 1.29 is 39.6 Å². The highest BCUT2D eigenvalue weighted by molar-refractivity contribution is 7.98. The molecule has 0 aliphatic rings. The largest absolute Gasteiger partial charge is 0.508 e. The van der Waals surface area contributed by atoms with Crippen LogP contribution in [0.5, 0.6) is 11.5 Å². The lowest BCUT2D eigenvalue weighted by Crippen LogP contribution is -2.58. The highest BCUT2D eigenvalue weighted by Crippen LogP contribution is 2.14. The molecule has 0 aromatic heterocycles. The molecule has 2 aromatic rings. The van der Waals surface area contributed by atoms with Gasteiger partial charge in [-0.2, -0.15) is 11.8 Å². The first-order chi connectivity index (χ1) is 18.5. The number of carbonyl (C=O) groups is 4. The van der Waals surface area contributed by atoms with Crippen molar-refractivity contribution >= 4 is 35.5 Å². The number of aliphatic carboxylic acids is 1. The Morgan fingerprint density at radius 2 is 1.21 bits per heavy atom. The molecular weight excluding hydrogens is 528 g/mol. The van der Waals surface area contributed by atoms with Gasteiger partial charge in [-0.05, 0) is 53.8 Å². The Labute approximate surface area is 230 Å². The van der Waals surface area contributed by atoms with E-state index in [9.17, 15) is 34.5 Å². The molecule has 13 heteroatoms. The Balaban J connectivity index is 2.26. The molecular formula is C26H34N4O8S. The second-order valence-electron chi connectivity index (χ2n) is 8.83. The Morgan fingerprint density at radius 3 is 1.67 bits per heavy atom. The molecule has 39 heavy (non-hydrogen) atoms. The van der Waals surface area contributed by atoms with Crippen molar-refractivity contribution in [1.82, 2.24) is 16.0 Å². The summed E-state index contributed by atoms with van der Waals surface area (Å²) in [4.78, 5) is 50.7. The lowest BCUT2D eigenvalue weighted by molar-refractivity contribution is -0.142. The Kier molecular flexibility index (Phi) is 12.5. The topological polar surface area (TPSA) is 211 Å². The van der Waals surface area contributed by atoms with Crippen molar-refractivity contribution in [1.29, 1.82) is 0 Å². The zero-order chi connectivity index (χ0) is 28.9. The van der Waals surface area contributed by atoms with Crippen LogP contribution in [0.4, 0.5) is 0 Å². The minimum atomic E-state index is -1.34. The van der Waals surface area contributed by atoms with Gasteiger partial charge >= 0.3 is 5.97 Å². The third-order valence-corrected chi connectivity index (χ3v) is 6.42. The molecule has 12 nitrogen and oxygen atoms in total. The maximum atomic E-state index is 13.3. The smallest absolute Gasteiger partial charge is 0.326 e. The average Bonchev–Trinajstić information content (AvgIpc) is 2.91. The monoisotopic (exact) mass is 562 g/mol. The molecule has 0 saturated heterocycles. The Morgan fingerprint density at radius 1 is 0.769 bits per heavy atom. The van der Waals surface area contributed by atoms with E-state index in [0.29, 0.717) is 16.9 Å². The van der Waals surface area contributed by atoms with Gasteiger partial charge in [-0.3, -0.25) is 14.4 Å². The molecule has 9 N–H and O–H groups in total. The molecule has 4 unspecified atom stereocenters. The minimum Gasteiger partial charge on any atom is -0.508 e. The van der Waals surface area contributed by atoms with E-state index < -0.39 is 54.5 Å². The fourth-order valence-corrected chi connectivity index (χ4v) is 4.03. The fourth-order valence-electron chi connectivity index (χ4n) is 3.56. The van der Waals surface area contributed by atoms with Crippen LogP contribution in [0, 0.1) is 0 Å². The number of aromatic hydroxyl groups is 2. The number of carboxylic acids is 1. The first-order valence-electron chi connectivity index (χ1n) is 12.1. The van der Waals surface area contributed by atoms with Gasteiger partial charge in [-0.1, -0.05) is 24.3 Å². The number of carboxylic acid groups (broad SMARTS) is 1. The third-order valence-electron chi connectivity index (χ3n) is 5.78. The van der Waals surface area contributed by atoms with Gasteiger partial charge in [0.1, 0.15) is 35.7 Å². The minimum absolute atomic E-state index is 0.00342. The predicted molar refractivity (Wildman–Crippen MR) is 145 cm³/mol. The van der Waals surface area contributed by atoms with E-state index in [0.717, 1.165) is 0 Å². The zero-order valence-electron chi connectivity index (χ0n) is 21.4. The van der Waals surface area contributed by atoms with Crippen LogP contribution in [-0.4, -0.2) is 86.9 Å². The van der Waals surface area contributed by atoms with Crippen molar-refractivity contribution in [2.24, 2.45) is 5.73 Å². The quantitative estimate of drug-likeness (QED) is 0.139. The first-order valence-corrected chi connectivity index (χ1v) is 13.5. The molecule has 0 bridgehead atoms. The van der Waals surface area contributed by atoms with Crippen LogP contribution >= 0.6 is 11.8 Å². The van der Waals surface area contributed by atoms with Gasteiger partial charge in [-0.25, -0.2) is 4.79 Å². The maximum absolute atomic E-state index is 13.3. The van der Waals surface area contributed by atoms with E-state index in [1.807, 2.05) is 6.26 Å². The third kappa shape index (κ3) is 10.5. The maximum Gasteiger partial charge on any atom is 0.326 e. The number of carbonyl (C=O) groups excluding carboxylic acids is 3. The van der Waals surface area contributed by atoms with Crippen LogP contribution in [0.25, 0.3) is 0 Å². The number of hydrogen-bond acceptors (Lipinski definition) is 9. The number of phenols is 2. The molecule has 0 fully saturated rings. The summed E-state index contributed by atoms with van der Waals surface area (Å²) >= 11 is 1.44. The molecule has 0 radical (unpaired) electrons. The van der Waals surface area contributed by atoms with Crippen LogP contribution in [0.15, 0.2) is 48.5 Å². The molecule has 4 atom stereocenters. The second-order valence-corrected chi connectivity index (χ2v) is 9.82. The number of aliphatic hydroxyl groups excluding tert-OH is 1. The van der Waals surface area contributed by atoms with Gasteiger partial charge in [0.15, 0.2) is 0 Å². The predicted octanol–water partition coefficient (Wildman–Crippen LogP) is -0.505. The number of nitrogens with one attached hydrogen (secondary N) is 3. The van der Waals surface area contributed by atoms with Crippen molar-refractivity contribution in [2.45, 2.75) is 43.4 Å². The van der Waals surface area contributed by atoms with E-state index in [1.54, 1.807) is 12.1 Å². The Hall–Kier alpha value is -3.81. The average molecular weight is 563 g/mol. The van der Waals surface area contributed by atoms with E-state index >= 15 is 0 Å². The van der Waals surface area contributed by atoms with Gasteiger partial charge in [0, 0.05) is 12.8 Å². The van der Waals surface area contributed by atoms with Crippen LogP contribution in [0.2, 0.25) is 0 Å². The summed E-state index contributed by atoms with van der Waals surface area (Å²) in [6, 6.07) is 6.92. The molecule has 2 aromatic carbocycles. The van der Waals surface area contributed by atoms with Crippen molar-refractivity contribution in [2.75, 3.05) is 18.6 Å². The summed E-state index contributed by atoms with van der Waals surface area (Å²) < 4.78 is 0. The number of nitrogens with two attached hydrogens (primary N) is 1. The summed E-state index contributed by atoms with van der Waals surface area (Å²) in [5.41, 5.74) is 6.69. The highest BCUT2D eigenvalue weighted by Gasteiger charge is 2.30. The Bertz CT molecular complexity index is 1110. The van der Waals surface area contributed by atoms with Gasteiger partial charge in [0.25, 0.3) is 0 Å². The number of phenolic OH excluding ortho intramolecular Hbond substituents is 2. The molecule has 0 saturated carbocycles. The summed E-state index contributed by atoms with van der Waals surface area (Å²) in [7, 11) is 0. The van der Waals surface area contributed by atoms with Gasteiger partial charge < -0.3 is 42.1 Å². The standard InChI is InChI=1S/C26H34N4O8S/c1-39-11-10-20(28-23(34)19(27)14-31)24(35)29-21(12-15-2-6-17(32)7-3-15)25(36)30-22(26(37)38)13-16-4-8-18(33)9-5-16/h2-9,19-22,31-33H,10-14,27H2,1H3,(H,28,34)(H,29,35)(H,30,36)(H,37,38). The van der Waals surface area contributed by atoms with Gasteiger partial charge in [-0.15, -0.1) is 0 Å². The van der Waals surface area contributed by atoms with Crippen molar-refractivity contribution in [3.05, 3.63) is 59.7 Å². The summed E-state index contributed by atoms with van der Waals surface area (Å²) in [6.45, 7) is -0.619. The van der Waals surface area contributed by atoms with Crippen LogP contribution in [0.1, 0.15) is 17.5 Å². The molecule has 2 rings (SSSR count).